The number of thiocarbonyl (C=S) groups is 2. The first-order chi connectivity index (χ1) is 20.3. The van der Waals surface area contributed by atoms with Crippen molar-refractivity contribution in [3.63, 3.8) is 0 Å². The number of unbranched alkanes of at least 4 members (excludes halogenated alkanes) is 14. The third kappa shape index (κ3) is 27.3. The van der Waals surface area contributed by atoms with Crippen LogP contribution in [-0.4, -0.2) is 46.7 Å². The van der Waals surface area contributed by atoms with Crippen molar-refractivity contribution in [1.82, 2.24) is 0 Å². The number of hydrogen-bond donors (Lipinski definition) is 2. The van der Waals surface area contributed by atoms with Crippen LogP contribution < -0.4 is 0 Å². The number of aliphatic hydroxyl groups is 2. The predicted octanol–water partition coefficient (Wildman–Crippen LogP) is 11.9. The summed E-state index contributed by atoms with van der Waals surface area (Å²) in [6.45, 7) is 11.7. The number of hydrogen-bond acceptors (Lipinski definition) is 4. The molecular weight excluding hydrogens is 561 g/mol. The molecule has 250 valence electrons. The van der Waals surface area contributed by atoms with Gasteiger partial charge in [0.15, 0.2) is 10.1 Å². The first-order valence-corrected chi connectivity index (χ1v) is 18.7. The van der Waals surface area contributed by atoms with Gasteiger partial charge in [-0.1, -0.05) is 143 Å². The maximum absolute atomic E-state index is 9.78. The molecule has 0 aromatic carbocycles. The van der Waals surface area contributed by atoms with E-state index in [1.54, 1.807) is 0 Å². The highest BCUT2D eigenvalue weighted by Gasteiger charge is 2.20. The van der Waals surface area contributed by atoms with Crippen LogP contribution in [0.15, 0.2) is 0 Å². The van der Waals surface area contributed by atoms with Crippen molar-refractivity contribution in [2.75, 3.05) is 26.4 Å². The lowest BCUT2D eigenvalue weighted by molar-refractivity contribution is 0.0339. The summed E-state index contributed by atoms with van der Waals surface area (Å²) in [7, 11) is 0. The molecule has 2 N–H and O–H groups in total. The summed E-state index contributed by atoms with van der Waals surface area (Å²) in [6.07, 6.45) is 26.8. The summed E-state index contributed by atoms with van der Waals surface area (Å²) in [5, 5.41) is 19.8. The minimum absolute atomic E-state index is 0.125. The predicted molar refractivity (Wildman–Crippen MR) is 190 cm³/mol. The van der Waals surface area contributed by atoms with E-state index in [9.17, 15) is 10.2 Å². The van der Waals surface area contributed by atoms with Crippen molar-refractivity contribution in [2.45, 2.75) is 169 Å². The van der Waals surface area contributed by atoms with Gasteiger partial charge < -0.3 is 19.7 Å². The second kappa shape index (κ2) is 30.7. The molecule has 0 aliphatic heterocycles. The Balaban J connectivity index is 4.09. The van der Waals surface area contributed by atoms with E-state index in [4.69, 9.17) is 33.9 Å². The maximum Gasteiger partial charge on any atom is 0.156 e. The van der Waals surface area contributed by atoms with Crippen LogP contribution in [0.25, 0.3) is 0 Å². The summed E-state index contributed by atoms with van der Waals surface area (Å²) in [4.78, 5) is 0. The molecule has 0 heterocycles. The Morgan fingerprint density at radius 3 is 1.10 bits per heavy atom. The molecule has 0 fully saturated rings. The van der Waals surface area contributed by atoms with E-state index in [1.807, 2.05) is 0 Å². The van der Waals surface area contributed by atoms with Crippen LogP contribution in [0.4, 0.5) is 0 Å². The quantitative estimate of drug-likeness (QED) is 0.0556. The summed E-state index contributed by atoms with van der Waals surface area (Å²) in [5.41, 5.74) is 0. The fourth-order valence-electron chi connectivity index (χ4n) is 6.09. The summed E-state index contributed by atoms with van der Waals surface area (Å²) < 4.78 is 11.8. The van der Waals surface area contributed by atoms with Gasteiger partial charge in [0.25, 0.3) is 0 Å². The molecule has 0 spiro atoms. The second-order valence-electron chi connectivity index (χ2n) is 13.0. The number of aliphatic hydroxyl groups excluding tert-OH is 2. The molecule has 0 saturated heterocycles. The fourth-order valence-corrected chi connectivity index (χ4v) is 6.52. The Hall–Kier alpha value is -0.300. The zero-order valence-electron chi connectivity index (χ0n) is 28.2. The Bertz CT molecular complexity index is 563. The van der Waals surface area contributed by atoms with Gasteiger partial charge in [-0.05, 0) is 60.9 Å². The third-order valence-electron chi connectivity index (χ3n) is 9.15. The van der Waals surface area contributed by atoms with Gasteiger partial charge in [-0.2, -0.15) is 0 Å². The second-order valence-corrected chi connectivity index (χ2v) is 13.9. The summed E-state index contributed by atoms with van der Waals surface area (Å²) in [6, 6.07) is 0. The summed E-state index contributed by atoms with van der Waals surface area (Å²) >= 11 is 10.1. The largest absolute Gasteiger partial charge is 0.502 e. The molecule has 0 bridgehead atoms. The minimum atomic E-state index is 0.125. The first-order valence-electron chi connectivity index (χ1n) is 17.9. The molecule has 0 aliphatic carbocycles. The van der Waals surface area contributed by atoms with Crippen LogP contribution in [0, 0.1) is 23.7 Å². The highest BCUT2D eigenvalue weighted by molar-refractivity contribution is 7.80. The molecule has 0 aromatic heterocycles. The van der Waals surface area contributed by atoms with Gasteiger partial charge in [-0.25, -0.2) is 0 Å². The third-order valence-corrected chi connectivity index (χ3v) is 9.48. The molecule has 6 heteroatoms. The SMILES string of the molecule is CCCCCCCCCCC(C)C(CCOCCOCCC(CC(O)=S)C(C)CCCCCCCCCC)CC(O)=S. The van der Waals surface area contributed by atoms with E-state index in [0.717, 1.165) is 12.8 Å². The molecule has 42 heavy (non-hydrogen) atoms. The van der Waals surface area contributed by atoms with Crippen molar-refractivity contribution in [3.8, 4) is 0 Å². The van der Waals surface area contributed by atoms with E-state index in [2.05, 4.69) is 27.7 Å². The molecule has 4 nitrogen and oxygen atoms in total. The van der Waals surface area contributed by atoms with Crippen molar-refractivity contribution < 1.29 is 19.7 Å². The van der Waals surface area contributed by atoms with Gasteiger partial charge >= 0.3 is 0 Å². The van der Waals surface area contributed by atoms with Gasteiger partial charge in [-0.3, -0.25) is 0 Å². The van der Waals surface area contributed by atoms with Gasteiger partial charge in [0.1, 0.15) is 0 Å². The zero-order chi connectivity index (χ0) is 31.3. The Morgan fingerprint density at radius 1 is 0.476 bits per heavy atom. The molecular formula is C36H70O4S2. The van der Waals surface area contributed by atoms with Crippen molar-refractivity contribution in [3.05, 3.63) is 0 Å². The standard InChI is InChI=1S/C36H70O4S2/c1-5-7-9-11-13-15-17-19-21-31(3)33(29-35(37)41)23-25-39-27-28-40-26-24-34(30-36(38)42)32(4)22-20-18-16-14-12-10-8-6-2/h31-34H,5-30H2,1-4H3,(H,37,41)(H,38,42). The van der Waals surface area contributed by atoms with Crippen molar-refractivity contribution in [1.29, 1.82) is 0 Å². The van der Waals surface area contributed by atoms with Crippen LogP contribution >= 0.6 is 24.4 Å². The van der Waals surface area contributed by atoms with E-state index in [-0.39, 0.29) is 10.1 Å². The van der Waals surface area contributed by atoms with Gasteiger partial charge in [0, 0.05) is 26.1 Å². The summed E-state index contributed by atoms with van der Waals surface area (Å²) in [5.74, 6) is 1.83. The zero-order valence-corrected chi connectivity index (χ0v) is 29.9. The van der Waals surface area contributed by atoms with Gasteiger partial charge in [0.05, 0.1) is 13.2 Å². The van der Waals surface area contributed by atoms with Crippen LogP contribution in [0.2, 0.25) is 0 Å². The highest BCUT2D eigenvalue weighted by Crippen LogP contribution is 2.27. The lowest BCUT2D eigenvalue weighted by Gasteiger charge is -2.24. The van der Waals surface area contributed by atoms with E-state index in [1.165, 1.54) is 116 Å². The van der Waals surface area contributed by atoms with E-state index >= 15 is 0 Å². The van der Waals surface area contributed by atoms with Crippen LogP contribution in [0.3, 0.4) is 0 Å². The number of rotatable bonds is 33. The molecule has 0 aliphatic rings. The van der Waals surface area contributed by atoms with E-state index < -0.39 is 0 Å². The fraction of sp³-hybridized carbons (Fsp3) is 0.944. The van der Waals surface area contributed by atoms with E-state index in [0.29, 0.717) is 62.9 Å². The van der Waals surface area contributed by atoms with Gasteiger partial charge in [0.2, 0.25) is 0 Å². The topological polar surface area (TPSA) is 58.9 Å². The Morgan fingerprint density at radius 2 is 0.786 bits per heavy atom. The Labute approximate surface area is 272 Å². The average Bonchev–Trinajstić information content (AvgIpc) is 2.95. The monoisotopic (exact) mass is 630 g/mol. The first kappa shape index (κ1) is 41.7. The highest BCUT2D eigenvalue weighted by atomic mass is 32.1. The number of ether oxygens (including phenoxy) is 2. The van der Waals surface area contributed by atoms with Crippen LogP contribution in [0.1, 0.15) is 169 Å². The molecule has 4 atom stereocenters. The average molecular weight is 631 g/mol. The normalized spacial score (nSPS) is 14.5. The van der Waals surface area contributed by atoms with Crippen molar-refractivity contribution in [2.24, 2.45) is 23.7 Å². The smallest absolute Gasteiger partial charge is 0.156 e. The molecule has 0 radical (unpaired) electrons. The molecule has 0 aromatic rings. The molecule has 4 unspecified atom stereocenters. The maximum atomic E-state index is 9.78. The molecule has 0 saturated carbocycles. The van der Waals surface area contributed by atoms with Crippen molar-refractivity contribution >= 4 is 34.5 Å². The minimum Gasteiger partial charge on any atom is -0.502 e. The van der Waals surface area contributed by atoms with Crippen LogP contribution in [0.5, 0.6) is 0 Å². The molecule has 0 amide bonds. The lowest BCUT2D eigenvalue weighted by atomic mass is 9.85. The lowest BCUT2D eigenvalue weighted by Crippen LogP contribution is -2.19. The molecule has 0 rings (SSSR count). The van der Waals surface area contributed by atoms with Crippen LogP contribution in [-0.2, 0) is 9.47 Å². The Kier molecular flexibility index (Phi) is 30.5. The van der Waals surface area contributed by atoms with Gasteiger partial charge in [-0.15, -0.1) is 0 Å².